The molecule has 1 amide bonds. The Bertz CT molecular complexity index is 786. The second-order valence-electron chi connectivity index (χ2n) is 6.77. The summed E-state index contributed by atoms with van der Waals surface area (Å²) in [6, 6.07) is 4.66. The number of carboxylic acid groups (broad SMARTS) is 1. The summed E-state index contributed by atoms with van der Waals surface area (Å²) < 4.78 is 26.0. The fourth-order valence-electron chi connectivity index (χ4n) is 3.00. The van der Waals surface area contributed by atoms with Crippen LogP contribution in [0.25, 0.3) is 0 Å². The van der Waals surface area contributed by atoms with E-state index >= 15 is 0 Å². The van der Waals surface area contributed by atoms with Crippen molar-refractivity contribution in [2.75, 3.05) is 38.6 Å². The van der Waals surface area contributed by atoms with Crippen molar-refractivity contribution >= 4 is 27.6 Å². The molecule has 1 heterocycles. The number of carbonyl (C=O) groups is 2. The number of unbranched alkanes of at least 4 members (excludes halogenated alkanes) is 1. The van der Waals surface area contributed by atoms with Crippen LogP contribution in [0.2, 0.25) is 0 Å². The topological polar surface area (TPSA) is 107 Å². The van der Waals surface area contributed by atoms with Crippen molar-refractivity contribution in [1.82, 2.24) is 9.62 Å². The van der Waals surface area contributed by atoms with Gasteiger partial charge in [0.2, 0.25) is 10.0 Å². The molecule has 0 spiro atoms. The molecule has 0 bridgehead atoms. The summed E-state index contributed by atoms with van der Waals surface area (Å²) in [5, 5.41) is 11.4. The van der Waals surface area contributed by atoms with Crippen LogP contribution in [-0.4, -0.2) is 63.4 Å². The number of benzene rings is 1. The number of rotatable bonds is 9. The first kappa shape index (κ1) is 21.2. The molecule has 1 aromatic rings. The van der Waals surface area contributed by atoms with E-state index in [2.05, 4.69) is 10.2 Å². The molecule has 2 rings (SSSR count). The van der Waals surface area contributed by atoms with E-state index in [0.717, 1.165) is 35.9 Å². The van der Waals surface area contributed by atoms with Gasteiger partial charge in [-0.2, -0.15) is 0 Å². The lowest BCUT2D eigenvalue weighted by Gasteiger charge is -2.22. The van der Waals surface area contributed by atoms with Crippen molar-refractivity contribution in [2.24, 2.45) is 0 Å². The summed E-state index contributed by atoms with van der Waals surface area (Å²) in [5.41, 5.74) is 1.06. The highest BCUT2D eigenvalue weighted by Crippen LogP contribution is 2.28. The highest BCUT2D eigenvalue weighted by molar-refractivity contribution is 7.89. The molecule has 27 heavy (non-hydrogen) atoms. The monoisotopic (exact) mass is 397 g/mol. The zero-order valence-electron chi connectivity index (χ0n) is 15.8. The molecular weight excluding hydrogens is 370 g/mol. The molecule has 1 saturated heterocycles. The molecule has 1 aromatic carbocycles. The van der Waals surface area contributed by atoms with Crippen LogP contribution in [0.15, 0.2) is 23.1 Å². The van der Waals surface area contributed by atoms with Crippen LogP contribution in [-0.2, 0) is 14.8 Å². The molecule has 9 heteroatoms. The van der Waals surface area contributed by atoms with E-state index in [1.54, 1.807) is 6.07 Å². The molecule has 0 unspecified atom stereocenters. The van der Waals surface area contributed by atoms with Crippen molar-refractivity contribution < 1.29 is 23.1 Å². The number of sulfonamides is 1. The third-order valence-electron chi connectivity index (χ3n) is 4.54. The average Bonchev–Trinajstić information content (AvgIpc) is 3.14. The first-order chi connectivity index (χ1) is 12.7. The minimum Gasteiger partial charge on any atom is -0.481 e. The number of carbonyl (C=O) groups excluding carboxylic acids is 1. The Balaban J connectivity index is 2.21. The van der Waals surface area contributed by atoms with Crippen molar-refractivity contribution in [3.63, 3.8) is 0 Å². The van der Waals surface area contributed by atoms with Gasteiger partial charge in [0.05, 0.1) is 10.5 Å². The molecule has 0 aliphatic carbocycles. The summed E-state index contributed by atoms with van der Waals surface area (Å²) in [7, 11) is -0.742. The Hall–Kier alpha value is -2.13. The number of hydrogen-bond donors (Lipinski definition) is 2. The number of carboxylic acids is 1. The van der Waals surface area contributed by atoms with Crippen molar-refractivity contribution in [3.05, 3.63) is 23.8 Å². The Morgan fingerprint density at radius 1 is 1.19 bits per heavy atom. The second-order valence-corrected chi connectivity index (χ2v) is 8.92. The van der Waals surface area contributed by atoms with Gasteiger partial charge in [-0.05, 0) is 43.9 Å². The average molecular weight is 397 g/mol. The van der Waals surface area contributed by atoms with Gasteiger partial charge < -0.3 is 15.3 Å². The van der Waals surface area contributed by atoms with Gasteiger partial charge in [0, 0.05) is 45.8 Å². The van der Waals surface area contributed by atoms with Crippen LogP contribution in [0, 0.1) is 0 Å². The van der Waals surface area contributed by atoms with Crippen LogP contribution in [0.5, 0.6) is 0 Å². The van der Waals surface area contributed by atoms with Gasteiger partial charge in [-0.1, -0.05) is 0 Å². The van der Waals surface area contributed by atoms with E-state index in [9.17, 15) is 18.0 Å². The summed E-state index contributed by atoms with van der Waals surface area (Å²) in [4.78, 5) is 25.4. The van der Waals surface area contributed by atoms with E-state index in [1.807, 2.05) is 0 Å². The van der Waals surface area contributed by atoms with Crippen molar-refractivity contribution in [1.29, 1.82) is 0 Å². The lowest BCUT2D eigenvalue weighted by Crippen LogP contribution is -2.29. The first-order valence-corrected chi connectivity index (χ1v) is 10.5. The number of aliphatic carboxylic acids is 1. The van der Waals surface area contributed by atoms with Gasteiger partial charge in [-0.25, -0.2) is 12.7 Å². The maximum absolute atomic E-state index is 12.7. The van der Waals surface area contributed by atoms with Gasteiger partial charge in [0.25, 0.3) is 5.91 Å². The second kappa shape index (κ2) is 9.18. The molecule has 0 atom stereocenters. The predicted octanol–water partition coefficient (Wildman–Crippen LogP) is 1.52. The first-order valence-electron chi connectivity index (χ1n) is 9.05. The SMILES string of the molecule is CN(C)S(=O)(=O)c1ccc(N2CCCC2)c(C(=O)NCCCCC(=O)O)c1. The lowest BCUT2D eigenvalue weighted by atomic mass is 10.1. The largest absolute Gasteiger partial charge is 0.481 e. The third kappa shape index (κ3) is 5.43. The smallest absolute Gasteiger partial charge is 0.303 e. The maximum Gasteiger partial charge on any atom is 0.303 e. The molecule has 1 aliphatic heterocycles. The third-order valence-corrected chi connectivity index (χ3v) is 6.35. The van der Waals surface area contributed by atoms with Crippen LogP contribution in [0.4, 0.5) is 5.69 Å². The molecular formula is C18H27N3O5S. The molecule has 0 aromatic heterocycles. The van der Waals surface area contributed by atoms with Crippen LogP contribution >= 0.6 is 0 Å². The zero-order chi connectivity index (χ0) is 20.0. The Morgan fingerprint density at radius 3 is 2.44 bits per heavy atom. The molecule has 0 saturated carbocycles. The van der Waals surface area contributed by atoms with Gasteiger partial charge in [-0.3, -0.25) is 9.59 Å². The van der Waals surface area contributed by atoms with E-state index in [4.69, 9.17) is 5.11 Å². The Labute approximate surface area is 160 Å². The summed E-state index contributed by atoms with van der Waals surface area (Å²) >= 11 is 0. The quantitative estimate of drug-likeness (QED) is 0.612. The maximum atomic E-state index is 12.7. The van der Waals surface area contributed by atoms with Crippen molar-refractivity contribution in [2.45, 2.75) is 37.0 Å². The minimum absolute atomic E-state index is 0.0610. The molecule has 150 valence electrons. The Kier molecular flexibility index (Phi) is 7.20. The number of hydrogen-bond acceptors (Lipinski definition) is 5. The summed E-state index contributed by atoms with van der Waals surface area (Å²) in [6.45, 7) is 2.01. The van der Waals surface area contributed by atoms with E-state index < -0.39 is 16.0 Å². The highest BCUT2D eigenvalue weighted by Gasteiger charge is 2.24. The molecule has 0 radical (unpaired) electrons. The van der Waals surface area contributed by atoms with E-state index in [1.165, 1.54) is 26.2 Å². The van der Waals surface area contributed by atoms with Gasteiger partial charge in [0.15, 0.2) is 0 Å². The summed E-state index contributed by atoms with van der Waals surface area (Å²) in [5.74, 6) is -1.21. The van der Waals surface area contributed by atoms with E-state index in [-0.39, 0.29) is 17.2 Å². The van der Waals surface area contributed by atoms with Gasteiger partial charge in [0.1, 0.15) is 0 Å². The fraction of sp³-hybridized carbons (Fsp3) is 0.556. The number of nitrogens with one attached hydrogen (secondary N) is 1. The standard InChI is InChI=1S/C18H27N3O5S/c1-20(2)27(25,26)14-8-9-16(21-11-5-6-12-21)15(13-14)18(24)19-10-4-3-7-17(22)23/h8-9,13H,3-7,10-12H2,1-2H3,(H,19,24)(H,22,23). The van der Waals surface area contributed by atoms with Crippen LogP contribution in [0.3, 0.4) is 0 Å². The number of anilines is 1. The van der Waals surface area contributed by atoms with Crippen molar-refractivity contribution in [3.8, 4) is 0 Å². The molecule has 2 N–H and O–H groups in total. The normalized spacial score (nSPS) is 14.6. The van der Waals surface area contributed by atoms with Crippen LogP contribution in [0.1, 0.15) is 42.5 Å². The zero-order valence-corrected chi connectivity index (χ0v) is 16.6. The van der Waals surface area contributed by atoms with Crippen LogP contribution < -0.4 is 10.2 Å². The summed E-state index contributed by atoms with van der Waals surface area (Å²) in [6.07, 6.45) is 3.16. The Morgan fingerprint density at radius 2 is 1.85 bits per heavy atom. The van der Waals surface area contributed by atoms with E-state index in [0.29, 0.717) is 24.9 Å². The lowest BCUT2D eigenvalue weighted by molar-refractivity contribution is -0.137. The molecule has 8 nitrogen and oxygen atoms in total. The predicted molar refractivity (Wildman–Crippen MR) is 103 cm³/mol. The fourth-order valence-corrected chi connectivity index (χ4v) is 3.93. The number of nitrogens with zero attached hydrogens (tertiary/aromatic N) is 2. The number of amides is 1. The molecule has 1 aliphatic rings. The van der Waals surface area contributed by atoms with Gasteiger partial charge in [-0.15, -0.1) is 0 Å². The highest BCUT2D eigenvalue weighted by atomic mass is 32.2. The molecule has 1 fully saturated rings. The minimum atomic E-state index is -3.64. The van der Waals surface area contributed by atoms with Gasteiger partial charge >= 0.3 is 5.97 Å².